The second-order valence-corrected chi connectivity index (χ2v) is 7.71. The molecule has 2 aromatic heterocycles. The van der Waals surface area contributed by atoms with Gasteiger partial charge in [-0.25, -0.2) is 23.1 Å². The number of nitrogens with one attached hydrogen (secondary N) is 1. The number of hydrogen-bond donors (Lipinski definition) is 1. The van der Waals surface area contributed by atoms with Gasteiger partial charge in [0.15, 0.2) is 5.58 Å². The largest absolute Gasteiger partial charge is 0.356 e. The summed E-state index contributed by atoms with van der Waals surface area (Å²) >= 11 is 0. The van der Waals surface area contributed by atoms with Crippen LogP contribution < -0.4 is 9.62 Å². The Bertz CT molecular complexity index is 998. The molecule has 0 saturated carbocycles. The molecule has 0 radical (unpaired) electrons. The first kappa shape index (κ1) is 17.3. The fourth-order valence-corrected chi connectivity index (χ4v) is 3.40. The third-order valence-corrected chi connectivity index (χ3v) is 4.79. The fourth-order valence-electron chi connectivity index (χ4n) is 2.36. The zero-order valence-electron chi connectivity index (χ0n) is 14.2. The van der Waals surface area contributed by atoms with E-state index in [-0.39, 0.29) is 12.3 Å². The van der Waals surface area contributed by atoms with Gasteiger partial charge in [0.2, 0.25) is 16.0 Å². The molecule has 0 aliphatic carbocycles. The van der Waals surface area contributed by atoms with Crippen LogP contribution in [-0.2, 0) is 22.3 Å². The predicted octanol–water partition coefficient (Wildman–Crippen LogP) is 1.61. The van der Waals surface area contributed by atoms with Crippen LogP contribution in [0.1, 0.15) is 17.1 Å². The van der Waals surface area contributed by atoms with Gasteiger partial charge < -0.3 is 9.42 Å². The maximum Gasteiger partial charge on any atom is 0.225 e. The number of nitrogens with zero attached hydrogens (tertiary/aromatic N) is 4. The molecule has 132 valence electrons. The van der Waals surface area contributed by atoms with Crippen LogP contribution in [0.25, 0.3) is 11.0 Å². The van der Waals surface area contributed by atoms with Crippen LogP contribution in [-0.4, -0.2) is 37.6 Å². The summed E-state index contributed by atoms with van der Waals surface area (Å²) in [6.07, 6.45) is 0. The van der Waals surface area contributed by atoms with E-state index in [0.29, 0.717) is 28.3 Å². The number of fused-ring (bicyclic) bond motifs is 1. The number of para-hydroxylation sites is 1. The molecule has 25 heavy (non-hydrogen) atoms. The molecule has 0 aliphatic heterocycles. The first-order valence-electron chi connectivity index (χ1n) is 7.66. The molecule has 1 aromatic carbocycles. The van der Waals surface area contributed by atoms with E-state index in [1.165, 1.54) is 0 Å². The molecule has 0 amide bonds. The normalized spacial score (nSPS) is 11.8. The molecule has 0 aliphatic rings. The standard InChI is InChI=1S/C16H19N5O3S/c1-11-8-12(19-16(18-11)21(2)3)9-17-25(22,23)10-14-13-6-4-5-7-15(13)24-20-14/h4-8,17H,9-10H2,1-3H3. The maximum absolute atomic E-state index is 12.4. The molecule has 0 fully saturated rings. The molecule has 3 aromatic rings. The molecule has 2 heterocycles. The van der Waals surface area contributed by atoms with Crippen molar-refractivity contribution in [3.63, 3.8) is 0 Å². The highest BCUT2D eigenvalue weighted by Crippen LogP contribution is 2.19. The van der Waals surface area contributed by atoms with E-state index in [4.69, 9.17) is 4.52 Å². The Labute approximate surface area is 145 Å². The SMILES string of the molecule is Cc1cc(CNS(=O)(=O)Cc2noc3ccccc23)nc(N(C)C)n1. The summed E-state index contributed by atoms with van der Waals surface area (Å²) in [6.45, 7) is 1.93. The van der Waals surface area contributed by atoms with Gasteiger partial charge in [-0.05, 0) is 25.1 Å². The smallest absolute Gasteiger partial charge is 0.225 e. The summed E-state index contributed by atoms with van der Waals surface area (Å²) in [5.74, 6) is 0.283. The van der Waals surface area contributed by atoms with Gasteiger partial charge in [-0.1, -0.05) is 17.3 Å². The van der Waals surface area contributed by atoms with Crippen molar-refractivity contribution in [2.75, 3.05) is 19.0 Å². The van der Waals surface area contributed by atoms with E-state index in [9.17, 15) is 8.42 Å². The highest BCUT2D eigenvalue weighted by molar-refractivity contribution is 7.88. The van der Waals surface area contributed by atoms with Gasteiger partial charge in [0.25, 0.3) is 0 Å². The van der Waals surface area contributed by atoms with Crippen molar-refractivity contribution >= 4 is 26.9 Å². The summed E-state index contributed by atoms with van der Waals surface area (Å²) in [7, 11) is 0.0769. The van der Waals surface area contributed by atoms with Crippen LogP contribution in [0.4, 0.5) is 5.95 Å². The minimum Gasteiger partial charge on any atom is -0.356 e. The molecular weight excluding hydrogens is 342 g/mol. The van der Waals surface area contributed by atoms with Crippen LogP contribution in [0.2, 0.25) is 0 Å². The average molecular weight is 361 g/mol. The topological polar surface area (TPSA) is 101 Å². The average Bonchev–Trinajstić information content (AvgIpc) is 2.95. The lowest BCUT2D eigenvalue weighted by Gasteiger charge is -2.12. The van der Waals surface area contributed by atoms with Crippen molar-refractivity contribution in [1.82, 2.24) is 19.8 Å². The van der Waals surface area contributed by atoms with Crippen LogP contribution in [0.15, 0.2) is 34.9 Å². The summed E-state index contributed by atoms with van der Waals surface area (Å²) in [6, 6.07) is 8.91. The van der Waals surface area contributed by atoms with Gasteiger partial charge in [-0.15, -0.1) is 0 Å². The Morgan fingerprint density at radius 1 is 1.20 bits per heavy atom. The summed E-state index contributed by atoms with van der Waals surface area (Å²) in [4.78, 5) is 10.4. The zero-order valence-corrected chi connectivity index (χ0v) is 15.0. The van der Waals surface area contributed by atoms with Crippen molar-refractivity contribution in [1.29, 1.82) is 0 Å². The first-order chi connectivity index (χ1) is 11.8. The Morgan fingerprint density at radius 2 is 1.96 bits per heavy atom. The van der Waals surface area contributed by atoms with Crippen LogP contribution in [0, 0.1) is 6.92 Å². The van der Waals surface area contributed by atoms with E-state index in [2.05, 4.69) is 19.8 Å². The molecule has 9 heteroatoms. The number of rotatable bonds is 6. The maximum atomic E-state index is 12.4. The number of benzene rings is 1. The second-order valence-electron chi connectivity index (χ2n) is 5.90. The van der Waals surface area contributed by atoms with Crippen LogP contribution in [0.3, 0.4) is 0 Å². The Kier molecular flexibility index (Phi) is 4.69. The zero-order chi connectivity index (χ0) is 18.0. The van der Waals surface area contributed by atoms with E-state index >= 15 is 0 Å². The van der Waals surface area contributed by atoms with Gasteiger partial charge in [0, 0.05) is 25.2 Å². The van der Waals surface area contributed by atoms with Gasteiger partial charge in [0.1, 0.15) is 11.4 Å². The molecule has 0 atom stereocenters. The molecule has 0 unspecified atom stereocenters. The minimum absolute atomic E-state index is 0.0856. The lowest BCUT2D eigenvalue weighted by atomic mass is 10.2. The summed E-state index contributed by atoms with van der Waals surface area (Å²) in [5.41, 5.74) is 2.32. The van der Waals surface area contributed by atoms with E-state index in [1.54, 1.807) is 23.1 Å². The molecule has 1 N–H and O–H groups in total. The van der Waals surface area contributed by atoms with Crippen molar-refractivity contribution in [2.45, 2.75) is 19.2 Å². The van der Waals surface area contributed by atoms with Gasteiger partial charge in [0.05, 0.1) is 12.2 Å². The number of anilines is 1. The van der Waals surface area contributed by atoms with E-state index < -0.39 is 10.0 Å². The summed E-state index contributed by atoms with van der Waals surface area (Å²) < 4.78 is 32.4. The highest BCUT2D eigenvalue weighted by atomic mass is 32.2. The third-order valence-electron chi connectivity index (χ3n) is 3.55. The molecule has 0 spiro atoms. The van der Waals surface area contributed by atoms with Crippen LogP contribution in [0.5, 0.6) is 0 Å². The monoisotopic (exact) mass is 361 g/mol. The predicted molar refractivity (Wildman–Crippen MR) is 94.6 cm³/mol. The molecule has 3 rings (SSSR count). The Balaban J connectivity index is 1.74. The second kappa shape index (κ2) is 6.77. The van der Waals surface area contributed by atoms with Crippen molar-refractivity contribution in [2.24, 2.45) is 0 Å². The fraction of sp³-hybridized carbons (Fsp3) is 0.312. The third kappa shape index (κ3) is 4.12. The molecule has 0 saturated heterocycles. The van der Waals surface area contributed by atoms with Crippen LogP contribution >= 0.6 is 0 Å². The van der Waals surface area contributed by atoms with Crippen molar-refractivity contribution in [3.05, 3.63) is 47.4 Å². The number of sulfonamides is 1. The molecule has 8 nitrogen and oxygen atoms in total. The Morgan fingerprint density at radius 3 is 2.72 bits per heavy atom. The van der Waals surface area contributed by atoms with Gasteiger partial charge >= 0.3 is 0 Å². The molecule has 0 bridgehead atoms. The quantitative estimate of drug-likeness (QED) is 0.712. The van der Waals surface area contributed by atoms with Crippen molar-refractivity contribution in [3.8, 4) is 0 Å². The van der Waals surface area contributed by atoms with Crippen molar-refractivity contribution < 1.29 is 12.9 Å². The van der Waals surface area contributed by atoms with E-state index in [0.717, 1.165) is 5.69 Å². The highest BCUT2D eigenvalue weighted by Gasteiger charge is 2.17. The molecular formula is C16H19N5O3S. The summed E-state index contributed by atoms with van der Waals surface area (Å²) in [5, 5.41) is 4.56. The lowest BCUT2D eigenvalue weighted by molar-refractivity contribution is 0.448. The number of aryl methyl sites for hydroxylation is 1. The number of hydrogen-bond acceptors (Lipinski definition) is 7. The Hall–Kier alpha value is -2.52. The lowest BCUT2D eigenvalue weighted by Crippen LogP contribution is -2.26. The minimum atomic E-state index is -3.59. The van der Waals surface area contributed by atoms with Gasteiger partial charge in [-0.3, -0.25) is 0 Å². The first-order valence-corrected chi connectivity index (χ1v) is 9.32. The number of aromatic nitrogens is 3. The van der Waals surface area contributed by atoms with E-state index in [1.807, 2.05) is 33.2 Å². The van der Waals surface area contributed by atoms with Gasteiger partial charge in [-0.2, -0.15) is 0 Å².